The van der Waals surface area contributed by atoms with Gasteiger partial charge in [-0.25, -0.2) is 9.59 Å². The second-order valence-corrected chi connectivity index (χ2v) is 13.4. The summed E-state index contributed by atoms with van der Waals surface area (Å²) in [4.78, 5) is 41.7. The van der Waals surface area contributed by atoms with Crippen LogP contribution in [0.25, 0.3) is 10.9 Å². The van der Waals surface area contributed by atoms with E-state index in [1.165, 1.54) is 11.3 Å². The Labute approximate surface area is 272 Å². The number of carbonyl (C=O) groups excluding carboxylic acids is 3. The van der Waals surface area contributed by atoms with Crippen LogP contribution < -0.4 is 15.4 Å². The lowest BCUT2D eigenvalue weighted by Gasteiger charge is -2.34. The van der Waals surface area contributed by atoms with E-state index >= 15 is 0 Å². The molecule has 3 aliphatic carbocycles. The van der Waals surface area contributed by atoms with Crippen molar-refractivity contribution in [3.05, 3.63) is 59.3 Å². The molecule has 0 saturated heterocycles. The molecule has 0 radical (unpaired) electrons. The molecule has 2 N–H and O–H groups in total. The third kappa shape index (κ3) is 7.34. The summed E-state index contributed by atoms with van der Waals surface area (Å²) in [6.07, 6.45) is 16.5. The van der Waals surface area contributed by atoms with Crippen LogP contribution in [0.3, 0.4) is 0 Å². The summed E-state index contributed by atoms with van der Waals surface area (Å²) in [5.74, 6) is 0.337. The van der Waals surface area contributed by atoms with Gasteiger partial charge in [-0.3, -0.25) is 15.0 Å². The predicted molar refractivity (Wildman–Crippen MR) is 180 cm³/mol. The van der Waals surface area contributed by atoms with Gasteiger partial charge in [-0.2, -0.15) is 0 Å². The number of amides is 4. The summed E-state index contributed by atoms with van der Waals surface area (Å²) in [6.45, 7) is 0. The van der Waals surface area contributed by atoms with Crippen molar-refractivity contribution in [3.63, 3.8) is 0 Å². The topological polar surface area (TPSA) is 102 Å². The summed E-state index contributed by atoms with van der Waals surface area (Å²) in [5, 5.41) is 7.12. The number of imide groups is 1. The number of hydrogen-bond donors (Lipinski definition) is 2. The molecule has 46 heavy (non-hydrogen) atoms. The summed E-state index contributed by atoms with van der Waals surface area (Å²) < 4.78 is 13.5. The second kappa shape index (κ2) is 14.6. The summed E-state index contributed by atoms with van der Waals surface area (Å²) in [5.41, 5.74) is 4.18. The molecule has 3 fully saturated rings. The van der Waals surface area contributed by atoms with Crippen molar-refractivity contribution in [2.45, 2.75) is 114 Å². The molecule has 9 heteroatoms. The third-order valence-electron chi connectivity index (χ3n) is 10.1. The average molecular weight is 629 g/mol. The molecule has 1 heterocycles. The van der Waals surface area contributed by atoms with Crippen LogP contribution in [-0.2, 0) is 18.2 Å². The minimum absolute atomic E-state index is 0.000599. The Kier molecular flexibility index (Phi) is 10.1. The summed E-state index contributed by atoms with van der Waals surface area (Å²) in [6, 6.07) is 11.2. The minimum atomic E-state index is -0.416. The Hall–Kier alpha value is -4.01. The molecular formula is C37H48N4O5. The average Bonchev–Trinajstić information content (AvgIpc) is 3.69. The first kappa shape index (κ1) is 32.0. The molecule has 246 valence electrons. The van der Waals surface area contributed by atoms with Gasteiger partial charge in [-0.15, -0.1) is 0 Å². The van der Waals surface area contributed by atoms with Crippen molar-refractivity contribution in [1.82, 2.24) is 14.8 Å². The Bertz CT molecular complexity index is 1550. The number of anilines is 1. The van der Waals surface area contributed by atoms with E-state index in [9.17, 15) is 14.4 Å². The SMILES string of the molecule is COc1cc(C(=O)N(C(=O)NC2CCCCC2)C2CCCCC2)ccc1Cc1cn(C)c2ccc(NC(=O)OC3CCCC3)cc12. The zero-order chi connectivity index (χ0) is 32.0. The van der Waals surface area contributed by atoms with Crippen molar-refractivity contribution >= 4 is 34.6 Å². The summed E-state index contributed by atoms with van der Waals surface area (Å²) in [7, 11) is 3.62. The number of nitrogens with zero attached hydrogens (tertiary/aromatic N) is 2. The number of fused-ring (bicyclic) bond motifs is 1. The Morgan fingerprint density at radius 2 is 1.54 bits per heavy atom. The van der Waals surface area contributed by atoms with Crippen LogP contribution in [0.2, 0.25) is 0 Å². The van der Waals surface area contributed by atoms with E-state index < -0.39 is 6.09 Å². The van der Waals surface area contributed by atoms with Crippen LogP contribution in [0.15, 0.2) is 42.6 Å². The number of nitrogens with one attached hydrogen (secondary N) is 2. The molecule has 0 bridgehead atoms. The number of methoxy groups -OCH3 is 1. The van der Waals surface area contributed by atoms with Gasteiger partial charge < -0.3 is 19.4 Å². The van der Waals surface area contributed by atoms with E-state index in [1.54, 1.807) is 13.2 Å². The number of aryl methyl sites for hydroxylation is 1. The van der Waals surface area contributed by atoms with Crippen LogP contribution in [-0.4, -0.2) is 52.8 Å². The number of rotatable bonds is 8. The third-order valence-corrected chi connectivity index (χ3v) is 10.1. The zero-order valence-electron chi connectivity index (χ0n) is 27.3. The standard InChI is InChI=1S/C37H48N4O5/c1-40-24-27(32-23-29(19-20-33(32)40)39-37(44)46-31-15-9-10-16-31)21-25-17-18-26(22-34(25)45-2)35(42)41(30-13-7-4-8-14-30)36(43)38-28-11-5-3-6-12-28/h17-20,22-24,28,30-31H,3-16,21H2,1-2H3,(H,38,43)(H,39,44). The number of urea groups is 1. The zero-order valence-corrected chi connectivity index (χ0v) is 27.3. The van der Waals surface area contributed by atoms with Gasteiger partial charge in [0, 0.05) is 53.9 Å². The van der Waals surface area contributed by atoms with Crippen molar-refractivity contribution in [2.75, 3.05) is 12.4 Å². The van der Waals surface area contributed by atoms with Gasteiger partial charge in [0.2, 0.25) is 0 Å². The van der Waals surface area contributed by atoms with Crippen molar-refractivity contribution < 1.29 is 23.9 Å². The van der Waals surface area contributed by atoms with Crippen LogP contribution >= 0.6 is 0 Å². The first-order valence-corrected chi connectivity index (χ1v) is 17.3. The highest BCUT2D eigenvalue weighted by molar-refractivity contribution is 6.05. The lowest BCUT2D eigenvalue weighted by atomic mass is 9.93. The second-order valence-electron chi connectivity index (χ2n) is 13.4. The van der Waals surface area contributed by atoms with Gasteiger partial charge >= 0.3 is 12.1 Å². The van der Waals surface area contributed by atoms with Gasteiger partial charge in [0.1, 0.15) is 11.9 Å². The number of benzene rings is 2. The molecule has 3 aromatic rings. The largest absolute Gasteiger partial charge is 0.496 e. The maximum Gasteiger partial charge on any atom is 0.411 e. The van der Waals surface area contributed by atoms with Crippen LogP contribution in [0.1, 0.15) is 111 Å². The highest BCUT2D eigenvalue weighted by atomic mass is 16.6. The first-order chi connectivity index (χ1) is 22.4. The van der Waals surface area contributed by atoms with E-state index in [1.807, 2.05) is 37.4 Å². The Morgan fingerprint density at radius 1 is 0.848 bits per heavy atom. The number of aromatic nitrogens is 1. The van der Waals surface area contributed by atoms with Gasteiger partial charge in [-0.05, 0) is 92.8 Å². The Balaban J connectivity index is 1.21. The minimum Gasteiger partial charge on any atom is -0.496 e. The monoisotopic (exact) mass is 628 g/mol. The maximum atomic E-state index is 14.0. The van der Waals surface area contributed by atoms with Crippen LogP contribution in [0.5, 0.6) is 5.75 Å². The number of ether oxygens (including phenoxy) is 2. The van der Waals surface area contributed by atoms with E-state index in [0.717, 1.165) is 106 Å². The summed E-state index contributed by atoms with van der Waals surface area (Å²) >= 11 is 0. The molecule has 6 rings (SSSR count). The molecular weight excluding hydrogens is 580 g/mol. The molecule has 3 saturated carbocycles. The maximum absolute atomic E-state index is 14.0. The lowest BCUT2D eigenvalue weighted by Crippen LogP contribution is -2.52. The highest BCUT2D eigenvalue weighted by Crippen LogP contribution is 2.32. The Morgan fingerprint density at radius 3 is 2.26 bits per heavy atom. The molecule has 1 aromatic heterocycles. The molecule has 0 atom stereocenters. The quantitative estimate of drug-likeness (QED) is 0.263. The smallest absolute Gasteiger partial charge is 0.411 e. The molecule has 4 amide bonds. The van der Waals surface area contributed by atoms with E-state index in [-0.39, 0.29) is 30.1 Å². The number of hydrogen-bond acceptors (Lipinski definition) is 5. The van der Waals surface area contributed by atoms with E-state index in [4.69, 9.17) is 9.47 Å². The van der Waals surface area contributed by atoms with Crippen LogP contribution in [0, 0.1) is 0 Å². The molecule has 2 aromatic carbocycles. The van der Waals surface area contributed by atoms with Gasteiger partial charge in [-0.1, -0.05) is 44.6 Å². The normalized spacial score (nSPS) is 18.0. The van der Waals surface area contributed by atoms with Crippen molar-refractivity contribution in [1.29, 1.82) is 0 Å². The van der Waals surface area contributed by atoms with Crippen molar-refractivity contribution in [3.8, 4) is 5.75 Å². The fourth-order valence-corrected chi connectivity index (χ4v) is 7.62. The highest BCUT2D eigenvalue weighted by Gasteiger charge is 2.33. The fraction of sp³-hybridized carbons (Fsp3) is 0.541. The fourth-order valence-electron chi connectivity index (χ4n) is 7.62. The van der Waals surface area contributed by atoms with Gasteiger partial charge in [0.25, 0.3) is 5.91 Å². The molecule has 0 aliphatic heterocycles. The molecule has 3 aliphatic rings. The lowest BCUT2D eigenvalue weighted by molar-refractivity contribution is 0.0701. The number of carbonyl (C=O) groups is 3. The molecule has 9 nitrogen and oxygen atoms in total. The van der Waals surface area contributed by atoms with Crippen molar-refractivity contribution in [2.24, 2.45) is 7.05 Å². The molecule has 0 spiro atoms. The molecule has 0 unspecified atom stereocenters. The van der Waals surface area contributed by atoms with Crippen LogP contribution in [0.4, 0.5) is 15.3 Å². The van der Waals surface area contributed by atoms with Gasteiger partial charge in [0.15, 0.2) is 0 Å². The van der Waals surface area contributed by atoms with E-state index in [2.05, 4.69) is 21.4 Å². The van der Waals surface area contributed by atoms with E-state index in [0.29, 0.717) is 23.4 Å². The first-order valence-electron chi connectivity index (χ1n) is 17.3. The predicted octanol–water partition coefficient (Wildman–Crippen LogP) is 8.09. The van der Waals surface area contributed by atoms with Gasteiger partial charge in [0.05, 0.1) is 7.11 Å².